The van der Waals surface area contributed by atoms with E-state index in [9.17, 15) is 4.39 Å². The molecule has 0 aliphatic heterocycles. The Balaban J connectivity index is 1.95. The number of nitrogens with one attached hydrogen (secondary N) is 1. The molecule has 1 atom stereocenters. The van der Waals surface area contributed by atoms with Crippen LogP contribution in [0.2, 0.25) is 5.02 Å². The van der Waals surface area contributed by atoms with Gasteiger partial charge in [0.15, 0.2) is 0 Å². The molecule has 0 aliphatic carbocycles. The zero-order valence-corrected chi connectivity index (χ0v) is 13.4. The van der Waals surface area contributed by atoms with Gasteiger partial charge in [0.1, 0.15) is 5.82 Å². The lowest BCUT2D eigenvalue weighted by Gasteiger charge is -2.16. The number of hydrogen-bond acceptors (Lipinski definition) is 2. The van der Waals surface area contributed by atoms with Crippen LogP contribution in [0.5, 0.6) is 0 Å². The Bertz CT molecular complexity index is 797. The SMILES string of the molecule is Cc1c(C(C)Nc2cc(Cl)ccc2F)sc2ccccc12. The summed E-state index contributed by atoms with van der Waals surface area (Å²) in [6.45, 7) is 4.15. The van der Waals surface area contributed by atoms with Crippen molar-refractivity contribution >= 4 is 38.7 Å². The number of aryl methyl sites for hydroxylation is 1. The maximum atomic E-state index is 13.8. The number of thiophene rings is 1. The van der Waals surface area contributed by atoms with E-state index in [4.69, 9.17) is 11.6 Å². The highest BCUT2D eigenvalue weighted by Gasteiger charge is 2.15. The second kappa shape index (κ2) is 5.66. The van der Waals surface area contributed by atoms with Gasteiger partial charge in [-0.25, -0.2) is 4.39 Å². The molecule has 0 bridgehead atoms. The number of rotatable bonds is 3. The maximum absolute atomic E-state index is 13.8. The van der Waals surface area contributed by atoms with Gasteiger partial charge in [-0.05, 0) is 49.1 Å². The maximum Gasteiger partial charge on any atom is 0.146 e. The number of benzene rings is 2. The van der Waals surface area contributed by atoms with Gasteiger partial charge in [0.2, 0.25) is 0 Å². The number of halogens is 2. The first-order valence-electron chi connectivity index (χ1n) is 6.76. The Kier molecular flexibility index (Phi) is 3.87. The standard InChI is InChI=1S/C17H15ClFNS/c1-10-13-5-3-4-6-16(13)21-17(10)11(2)20-15-9-12(18)7-8-14(15)19/h3-9,11,20H,1-2H3. The summed E-state index contributed by atoms with van der Waals surface area (Å²) in [5, 5.41) is 5.01. The monoisotopic (exact) mass is 319 g/mol. The minimum atomic E-state index is -0.287. The van der Waals surface area contributed by atoms with E-state index in [0.29, 0.717) is 10.7 Å². The Labute approximate surface area is 132 Å². The average Bonchev–Trinajstić information content (AvgIpc) is 2.81. The van der Waals surface area contributed by atoms with Crippen molar-refractivity contribution in [2.75, 3.05) is 5.32 Å². The molecule has 1 aromatic heterocycles. The van der Waals surface area contributed by atoms with Crippen molar-refractivity contribution in [1.29, 1.82) is 0 Å². The Hall–Kier alpha value is -1.58. The molecule has 0 spiro atoms. The molecule has 0 fully saturated rings. The van der Waals surface area contributed by atoms with Gasteiger partial charge in [-0.15, -0.1) is 11.3 Å². The first-order valence-corrected chi connectivity index (χ1v) is 7.95. The number of anilines is 1. The number of hydrogen-bond donors (Lipinski definition) is 1. The molecule has 2 aromatic carbocycles. The molecular formula is C17H15ClFNS. The Morgan fingerprint density at radius 2 is 1.95 bits per heavy atom. The molecule has 3 aromatic rings. The van der Waals surface area contributed by atoms with E-state index in [1.54, 1.807) is 23.5 Å². The van der Waals surface area contributed by atoms with Crippen LogP contribution in [0.1, 0.15) is 23.4 Å². The molecule has 0 saturated carbocycles. The topological polar surface area (TPSA) is 12.0 Å². The van der Waals surface area contributed by atoms with Crippen LogP contribution in [0.4, 0.5) is 10.1 Å². The van der Waals surface area contributed by atoms with Crippen molar-refractivity contribution < 1.29 is 4.39 Å². The van der Waals surface area contributed by atoms with Crippen LogP contribution in [0.3, 0.4) is 0 Å². The summed E-state index contributed by atoms with van der Waals surface area (Å²) in [5.41, 5.74) is 1.69. The highest BCUT2D eigenvalue weighted by Crippen LogP contribution is 2.36. The molecule has 3 rings (SSSR count). The van der Waals surface area contributed by atoms with E-state index < -0.39 is 0 Å². The molecule has 1 heterocycles. The van der Waals surface area contributed by atoms with Crippen molar-refractivity contribution in [3.63, 3.8) is 0 Å². The third-order valence-corrected chi connectivity index (χ3v) is 5.26. The summed E-state index contributed by atoms with van der Waals surface area (Å²) in [7, 11) is 0. The van der Waals surface area contributed by atoms with Gasteiger partial charge in [0, 0.05) is 14.6 Å². The molecule has 0 saturated heterocycles. The molecule has 1 unspecified atom stereocenters. The highest BCUT2D eigenvalue weighted by molar-refractivity contribution is 7.19. The van der Waals surface area contributed by atoms with Crippen LogP contribution in [0, 0.1) is 12.7 Å². The lowest BCUT2D eigenvalue weighted by Crippen LogP contribution is -2.07. The fourth-order valence-corrected chi connectivity index (χ4v) is 3.90. The Morgan fingerprint density at radius 1 is 1.19 bits per heavy atom. The van der Waals surface area contributed by atoms with Crippen LogP contribution in [-0.4, -0.2) is 0 Å². The van der Waals surface area contributed by atoms with Crippen molar-refractivity contribution in [2.45, 2.75) is 19.9 Å². The molecule has 21 heavy (non-hydrogen) atoms. The molecule has 0 radical (unpaired) electrons. The van der Waals surface area contributed by atoms with Gasteiger partial charge >= 0.3 is 0 Å². The van der Waals surface area contributed by atoms with E-state index in [1.165, 1.54) is 26.6 Å². The Morgan fingerprint density at radius 3 is 2.71 bits per heavy atom. The molecule has 0 amide bonds. The molecular weight excluding hydrogens is 305 g/mol. The lowest BCUT2D eigenvalue weighted by atomic mass is 10.1. The highest BCUT2D eigenvalue weighted by atomic mass is 35.5. The average molecular weight is 320 g/mol. The van der Waals surface area contributed by atoms with Crippen LogP contribution in [-0.2, 0) is 0 Å². The normalized spacial score (nSPS) is 12.6. The molecule has 108 valence electrons. The first-order chi connectivity index (χ1) is 10.1. The molecule has 1 nitrogen and oxygen atoms in total. The van der Waals surface area contributed by atoms with Crippen molar-refractivity contribution in [2.24, 2.45) is 0 Å². The molecule has 4 heteroatoms. The fraction of sp³-hybridized carbons (Fsp3) is 0.176. The van der Waals surface area contributed by atoms with Gasteiger partial charge < -0.3 is 5.32 Å². The summed E-state index contributed by atoms with van der Waals surface area (Å²) in [5.74, 6) is -0.287. The first kappa shape index (κ1) is 14.4. The summed E-state index contributed by atoms with van der Waals surface area (Å²) in [4.78, 5) is 1.22. The predicted octanol–water partition coefficient (Wildman–Crippen LogP) is 6.18. The van der Waals surface area contributed by atoms with Gasteiger partial charge in [-0.2, -0.15) is 0 Å². The largest absolute Gasteiger partial charge is 0.375 e. The van der Waals surface area contributed by atoms with E-state index >= 15 is 0 Å². The van der Waals surface area contributed by atoms with E-state index in [2.05, 4.69) is 24.4 Å². The van der Waals surface area contributed by atoms with Crippen LogP contribution >= 0.6 is 22.9 Å². The van der Waals surface area contributed by atoms with Crippen LogP contribution in [0.15, 0.2) is 42.5 Å². The van der Waals surface area contributed by atoms with Crippen molar-refractivity contribution in [3.8, 4) is 0 Å². The zero-order chi connectivity index (χ0) is 15.0. The van der Waals surface area contributed by atoms with E-state index in [1.807, 2.05) is 19.1 Å². The number of fused-ring (bicyclic) bond motifs is 1. The summed E-state index contributed by atoms with van der Waals surface area (Å²) < 4.78 is 15.1. The van der Waals surface area contributed by atoms with E-state index in [-0.39, 0.29) is 11.9 Å². The zero-order valence-electron chi connectivity index (χ0n) is 11.8. The second-order valence-corrected chi connectivity index (χ2v) is 6.60. The fourth-order valence-electron chi connectivity index (χ4n) is 2.51. The minimum Gasteiger partial charge on any atom is -0.375 e. The second-order valence-electron chi connectivity index (χ2n) is 5.08. The minimum absolute atomic E-state index is 0.0235. The van der Waals surface area contributed by atoms with E-state index in [0.717, 1.165) is 0 Å². The smallest absolute Gasteiger partial charge is 0.146 e. The van der Waals surface area contributed by atoms with Gasteiger partial charge in [-0.3, -0.25) is 0 Å². The van der Waals surface area contributed by atoms with Gasteiger partial charge in [0.25, 0.3) is 0 Å². The summed E-state index contributed by atoms with van der Waals surface area (Å²) in [6, 6.07) is 12.9. The third kappa shape index (κ3) is 2.76. The molecule has 1 N–H and O–H groups in total. The summed E-state index contributed by atoms with van der Waals surface area (Å²) in [6.07, 6.45) is 0. The summed E-state index contributed by atoms with van der Waals surface area (Å²) >= 11 is 7.68. The predicted molar refractivity (Wildman–Crippen MR) is 90.0 cm³/mol. The quantitative estimate of drug-likeness (QED) is 0.608. The van der Waals surface area contributed by atoms with Crippen LogP contribution in [0.25, 0.3) is 10.1 Å². The van der Waals surface area contributed by atoms with Gasteiger partial charge in [0.05, 0.1) is 11.7 Å². The third-order valence-electron chi connectivity index (χ3n) is 3.57. The molecule has 0 aliphatic rings. The van der Waals surface area contributed by atoms with Crippen LogP contribution < -0.4 is 5.32 Å². The lowest BCUT2D eigenvalue weighted by molar-refractivity contribution is 0.628. The van der Waals surface area contributed by atoms with Crippen molar-refractivity contribution in [1.82, 2.24) is 0 Å². The van der Waals surface area contributed by atoms with Crippen molar-refractivity contribution in [3.05, 3.63) is 63.7 Å². The van der Waals surface area contributed by atoms with Gasteiger partial charge in [-0.1, -0.05) is 29.8 Å².